The largest absolute Gasteiger partial charge is 0.379 e. The lowest BCUT2D eigenvalue weighted by molar-refractivity contribution is 0.0730. The molecule has 0 aliphatic carbocycles. The molecule has 1 aromatic carbocycles. The summed E-state index contributed by atoms with van der Waals surface area (Å²) in [5, 5.41) is 3.04. The molecule has 1 saturated heterocycles. The molecule has 0 spiro atoms. The van der Waals surface area contributed by atoms with E-state index in [4.69, 9.17) is 4.74 Å². The second-order valence-electron chi connectivity index (χ2n) is 4.31. The second-order valence-corrected chi connectivity index (χ2v) is 7.07. The van der Waals surface area contributed by atoms with Gasteiger partial charge in [0.1, 0.15) is 0 Å². The number of nitrogens with one attached hydrogen (secondary N) is 1. The summed E-state index contributed by atoms with van der Waals surface area (Å²) in [6.45, 7) is 2.43. The number of ether oxygens (including phenoxy) is 1. The van der Waals surface area contributed by atoms with E-state index in [0.29, 0.717) is 42.2 Å². The topological polar surface area (TPSA) is 58.6 Å². The van der Waals surface area contributed by atoms with Crippen LogP contribution in [0.15, 0.2) is 27.6 Å². The molecule has 0 atom stereocenters. The summed E-state index contributed by atoms with van der Waals surface area (Å²) in [5.74, 6) is 0. The summed E-state index contributed by atoms with van der Waals surface area (Å²) in [4.78, 5) is 0.314. The monoisotopic (exact) mass is 348 g/mol. The van der Waals surface area contributed by atoms with Crippen molar-refractivity contribution in [2.75, 3.05) is 33.4 Å². The third-order valence-electron chi connectivity index (χ3n) is 2.97. The van der Waals surface area contributed by atoms with Crippen molar-refractivity contribution in [3.05, 3.63) is 28.2 Å². The van der Waals surface area contributed by atoms with E-state index < -0.39 is 10.0 Å². The molecule has 7 heteroatoms. The minimum atomic E-state index is -3.44. The quantitative estimate of drug-likeness (QED) is 0.887. The Bertz CT molecular complexity index is 542. The lowest BCUT2D eigenvalue weighted by Crippen LogP contribution is -2.40. The summed E-state index contributed by atoms with van der Waals surface area (Å²) in [7, 11) is -1.58. The fourth-order valence-corrected chi connectivity index (χ4v) is 4.49. The van der Waals surface area contributed by atoms with Crippen LogP contribution in [0.1, 0.15) is 5.56 Å². The van der Waals surface area contributed by atoms with Crippen LogP contribution in [0.25, 0.3) is 0 Å². The van der Waals surface area contributed by atoms with Crippen LogP contribution in [-0.4, -0.2) is 46.1 Å². The van der Waals surface area contributed by atoms with Crippen LogP contribution in [0.4, 0.5) is 0 Å². The fourth-order valence-electron chi connectivity index (χ4n) is 1.99. The number of nitrogens with zero attached hydrogens (tertiary/aromatic N) is 1. The summed E-state index contributed by atoms with van der Waals surface area (Å²) in [6, 6.07) is 5.32. The zero-order chi connectivity index (χ0) is 13.9. The molecule has 5 nitrogen and oxygen atoms in total. The maximum Gasteiger partial charge on any atom is 0.244 e. The minimum absolute atomic E-state index is 0.314. The molecule has 1 fully saturated rings. The normalized spacial score (nSPS) is 17.6. The highest BCUT2D eigenvalue weighted by molar-refractivity contribution is 9.10. The van der Waals surface area contributed by atoms with Crippen LogP contribution < -0.4 is 5.32 Å². The molecular formula is C12H17BrN2O3S. The van der Waals surface area contributed by atoms with Crippen molar-refractivity contribution in [2.45, 2.75) is 11.4 Å². The third-order valence-corrected chi connectivity index (χ3v) is 5.84. The van der Waals surface area contributed by atoms with Gasteiger partial charge in [0.2, 0.25) is 10.0 Å². The van der Waals surface area contributed by atoms with Crippen LogP contribution in [-0.2, 0) is 21.3 Å². The maximum atomic E-state index is 12.5. The molecule has 1 heterocycles. The van der Waals surface area contributed by atoms with Gasteiger partial charge in [-0.05, 0) is 40.7 Å². The molecule has 0 unspecified atom stereocenters. The molecule has 0 saturated carbocycles. The second kappa shape index (κ2) is 6.32. The van der Waals surface area contributed by atoms with Crippen molar-refractivity contribution in [1.29, 1.82) is 0 Å². The van der Waals surface area contributed by atoms with Crippen LogP contribution in [0.3, 0.4) is 0 Å². The molecule has 1 aromatic rings. The molecule has 106 valence electrons. The zero-order valence-corrected chi connectivity index (χ0v) is 13.1. The lowest BCUT2D eigenvalue weighted by Gasteiger charge is -2.26. The first-order valence-electron chi connectivity index (χ1n) is 6.06. The average Bonchev–Trinajstić information content (AvgIpc) is 2.40. The Balaban J connectivity index is 2.29. The van der Waals surface area contributed by atoms with E-state index in [1.165, 1.54) is 4.31 Å². The van der Waals surface area contributed by atoms with Gasteiger partial charge in [-0.25, -0.2) is 8.42 Å². The third kappa shape index (κ3) is 3.35. The first kappa shape index (κ1) is 14.9. The summed E-state index contributed by atoms with van der Waals surface area (Å²) >= 11 is 3.35. The Hall–Kier alpha value is -0.470. The Morgan fingerprint density at radius 1 is 1.37 bits per heavy atom. The van der Waals surface area contributed by atoms with Gasteiger partial charge >= 0.3 is 0 Å². The van der Waals surface area contributed by atoms with Gasteiger partial charge in [-0.1, -0.05) is 6.07 Å². The van der Waals surface area contributed by atoms with Crippen molar-refractivity contribution < 1.29 is 13.2 Å². The van der Waals surface area contributed by atoms with E-state index in [9.17, 15) is 8.42 Å². The summed E-state index contributed by atoms with van der Waals surface area (Å²) in [5.41, 5.74) is 1.04. The molecule has 19 heavy (non-hydrogen) atoms. The standard InChI is InChI=1S/C12H17BrN2O3S/c1-14-9-10-2-3-12(11(13)8-10)19(16,17)15-4-6-18-7-5-15/h2-3,8,14H,4-7,9H2,1H3. The predicted molar refractivity (Wildman–Crippen MR) is 76.5 cm³/mol. The molecule has 1 aliphatic rings. The van der Waals surface area contributed by atoms with Gasteiger partial charge in [-0.2, -0.15) is 4.31 Å². The van der Waals surface area contributed by atoms with E-state index in [-0.39, 0.29) is 0 Å². The van der Waals surface area contributed by atoms with Crippen molar-refractivity contribution in [1.82, 2.24) is 9.62 Å². The van der Waals surface area contributed by atoms with E-state index in [1.807, 2.05) is 19.2 Å². The van der Waals surface area contributed by atoms with Gasteiger partial charge in [-0.3, -0.25) is 0 Å². The molecule has 1 N–H and O–H groups in total. The van der Waals surface area contributed by atoms with Crippen LogP contribution >= 0.6 is 15.9 Å². The fraction of sp³-hybridized carbons (Fsp3) is 0.500. The number of rotatable bonds is 4. The Morgan fingerprint density at radius 2 is 2.05 bits per heavy atom. The summed E-state index contributed by atoms with van der Waals surface area (Å²) in [6.07, 6.45) is 0. The molecule has 0 bridgehead atoms. The highest BCUT2D eigenvalue weighted by Gasteiger charge is 2.28. The highest BCUT2D eigenvalue weighted by atomic mass is 79.9. The first-order chi connectivity index (χ1) is 9.05. The van der Waals surface area contributed by atoms with E-state index in [0.717, 1.165) is 5.56 Å². The predicted octanol–water partition coefficient (Wildman–Crippen LogP) is 1.19. The molecule has 1 aliphatic heterocycles. The van der Waals surface area contributed by atoms with Gasteiger partial charge in [0.05, 0.1) is 18.1 Å². The van der Waals surface area contributed by atoms with Crippen molar-refractivity contribution >= 4 is 26.0 Å². The van der Waals surface area contributed by atoms with Gasteiger partial charge in [0.25, 0.3) is 0 Å². The number of morpholine rings is 1. The smallest absolute Gasteiger partial charge is 0.244 e. The van der Waals surface area contributed by atoms with Gasteiger partial charge < -0.3 is 10.1 Å². The number of benzene rings is 1. The lowest BCUT2D eigenvalue weighted by atomic mass is 10.2. The highest BCUT2D eigenvalue weighted by Crippen LogP contribution is 2.26. The Morgan fingerprint density at radius 3 is 2.63 bits per heavy atom. The van der Waals surface area contributed by atoms with E-state index >= 15 is 0 Å². The Kier molecular flexibility index (Phi) is 4.97. The molecule has 0 amide bonds. The summed E-state index contributed by atoms with van der Waals surface area (Å²) < 4.78 is 32.3. The molecular weight excluding hydrogens is 332 g/mol. The van der Waals surface area contributed by atoms with Crippen LogP contribution in [0.5, 0.6) is 0 Å². The van der Waals surface area contributed by atoms with Crippen molar-refractivity contribution in [3.63, 3.8) is 0 Å². The van der Waals surface area contributed by atoms with Crippen LogP contribution in [0, 0.1) is 0 Å². The maximum absolute atomic E-state index is 12.5. The molecule has 2 rings (SSSR count). The molecule has 0 radical (unpaired) electrons. The number of hydrogen-bond donors (Lipinski definition) is 1. The minimum Gasteiger partial charge on any atom is -0.379 e. The Labute approximate surface area is 122 Å². The average molecular weight is 349 g/mol. The van der Waals surface area contributed by atoms with Gasteiger partial charge in [0, 0.05) is 24.1 Å². The first-order valence-corrected chi connectivity index (χ1v) is 8.30. The van der Waals surface area contributed by atoms with Crippen molar-refractivity contribution in [2.24, 2.45) is 0 Å². The van der Waals surface area contributed by atoms with Gasteiger partial charge in [0.15, 0.2) is 0 Å². The number of sulfonamides is 1. The number of hydrogen-bond acceptors (Lipinski definition) is 4. The van der Waals surface area contributed by atoms with E-state index in [1.54, 1.807) is 6.07 Å². The SMILES string of the molecule is CNCc1ccc(S(=O)(=O)N2CCOCC2)c(Br)c1. The van der Waals surface area contributed by atoms with Gasteiger partial charge in [-0.15, -0.1) is 0 Å². The zero-order valence-electron chi connectivity index (χ0n) is 10.7. The van der Waals surface area contributed by atoms with Crippen LogP contribution in [0.2, 0.25) is 0 Å². The number of halogens is 1. The molecule has 0 aromatic heterocycles. The van der Waals surface area contributed by atoms with E-state index in [2.05, 4.69) is 21.2 Å². The van der Waals surface area contributed by atoms with Crippen molar-refractivity contribution in [3.8, 4) is 0 Å².